The molecule has 8 heteroatoms. The van der Waals surface area contributed by atoms with Gasteiger partial charge in [-0.1, -0.05) is 29.8 Å². The Morgan fingerprint density at radius 3 is 2.70 bits per heavy atom. The zero-order valence-electron chi connectivity index (χ0n) is 14.9. The van der Waals surface area contributed by atoms with E-state index < -0.39 is 0 Å². The molecule has 3 aromatic rings. The minimum absolute atomic E-state index is 0. The van der Waals surface area contributed by atoms with Crippen LogP contribution in [0.1, 0.15) is 12.8 Å². The summed E-state index contributed by atoms with van der Waals surface area (Å²) in [6.07, 6.45) is 3.82. The van der Waals surface area contributed by atoms with Crippen molar-refractivity contribution < 1.29 is 0 Å². The second-order valence-corrected chi connectivity index (χ2v) is 6.95. The number of anilines is 1. The molecule has 1 aromatic carbocycles. The average molecular weight is 406 g/mol. The molecule has 6 nitrogen and oxygen atoms in total. The van der Waals surface area contributed by atoms with E-state index in [0.717, 1.165) is 31.3 Å². The monoisotopic (exact) mass is 405 g/mol. The van der Waals surface area contributed by atoms with Gasteiger partial charge in [0.25, 0.3) is 5.56 Å². The minimum Gasteiger partial charge on any atom is -0.351 e. The summed E-state index contributed by atoms with van der Waals surface area (Å²) < 4.78 is 1.56. The van der Waals surface area contributed by atoms with Crippen LogP contribution in [-0.2, 0) is 7.05 Å². The number of benzene rings is 1. The second-order valence-electron chi connectivity index (χ2n) is 6.54. The van der Waals surface area contributed by atoms with Gasteiger partial charge in [0.05, 0.1) is 0 Å². The van der Waals surface area contributed by atoms with Gasteiger partial charge in [0.2, 0.25) is 5.95 Å². The molecule has 0 atom stereocenters. The van der Waals surface area contributed by atoms with Crippen LogP contribution in [0.15, 0.2) is 41.3 Å². The molecule has 142 valence electrons. The number of fused-ring (bicyclic) bond motifs is 1. The Hall–Kier alpha value is -2.15. The van der Waals surface area contributed by atoms with Crippen molar-refractivity contribution in [1.82, 2.24) is 19.9 Å². The SMILES string of the molecule is Cl.Cn1c(=O)c(-c2ccccc2Cl)cc2cnc(NC3CCNCC3)nc21. The number of halogens is 2. The van der Waals surface area contributed by atoms with Crippen molar-refractivity contribution in [3.05, 3.63) is 51.9 Å². The predicted molar refractivity (Wildman–Crippen MR) is 112 cm³/mol. The molecule has 1 fully saturated rings. The third kappa shape index (κ3) is 3.93. The summed E-state index contributed by atoms with van der Waals surface area (Å²) in [7, 11) is 1.73. The van der Waals surface area contributed by atoms with E-state index in [2.05, 4.69) is 20.6 Å². The molecule has 3 heterocycles. The third-order valence-corrected chi connectivity index (χ3v) is 5.11. The molecule has 0 unspecified atom stereocenters. The zero-order chi connectivity index (χ0) is 18.1. The number of nitrogens with zero attached hydrogens (tertiary/aromatic N) is 3. The van der Waals surface area contributed by atoms with Crippen molar-refractivity contribution >= 4 is 41.0 Å². The van der Waals surface area contributed by atoms with Gasteiger partial charge in [0.1, 0.15) is 5.65 Å². The van der Waals surface area contributed by atoms with Gasteiger partial charge in [-0.15, -0.1) is 12.4 Å². The van der Waals surface area contributed by atoms with Crippen LogP contribution in [0.5, 0.6) is 0 Å². The first-order valence-corrected chi connectivity index (χ1v) is 9.10. The van der Waals surface area contributed by atoms with Gasteiger partial charge in [-0.3, -0.25) is 9.36 Å². The minimum atomic E-state index is -0.128. The maximum atomic E-state index is 12.9. The van der Waals surface area contributed by atoms with E-state index in [1.165, 1.54) is 0 Å². The molecule has 0 radical (unpaired) electrons. The molecule has 0 aliphatic carbocycles. The topological polar surface area (TPSA) is 71.8 Å². The number of piperidine rings is 1. The standard InChI is InChI=1S/C19H20ClN5O.ClH/c1-25-17-12(10-15(18(25)26)14-4-2-3-5-16(14)20)11-22-19(24-17)23-13-6-8-21-9-7-13;/h2-5,10-11,13,21H,6-9H2,1H3,(H,22,23,24);1H. The molecule has 0 saturated carbocycles. The summed E-state index contributed by atoms with van der Waals surface area (Å²) in [5, 5.41) is 8.07. The van der Waals surface area contributed by atoms with Crippen molar-refractivity contribution in [3.8, 4) is 11.1 Å². The summed E-state index contributed by atoms with van der Waals surface area (Å²) in [4.78, 5) is 21.9. The van der Waals surface area contributed by atoms with Gasteiger partial charge in [-0.25, -0.2) is 4.98 Å². The molecule has 1 aliphatic rings. The van der Waals surface area contributed by atoms with E-state index in [-0.39, 0.29) is 18.0 Å². The number of hydrogen-bond acceptors (Lipinski definition) is 5. The highest BCUT2D eigenvalue weighted by Crippen LogP contribution is 2.27. The lowest BCUT2D eigenvalue weighted by Gasteiger charge is -2.23. The lowest BCUT2D eigenvalue weighted by atomic mass is 10.1. The Labute approximate surface area is 168 Å². The van der Waals surface area contributed by atoms with E-state index in [4.69, 9.17) is 11.6 Å². The molecule has 1 saturated heterocycles. The molecule has 2 aromatic heterocycles. The fourth-order valence-corrected chi connectivity index (χ4v) is 3.58. The first-order valence-electron chi connectivity index (χ1n) is 8.72. The summed E-state index contributed by atoms with van der Waals surface area (Å²) in [6, 6.07) is 9.51. The van der Waals surface area contributed by atoms with Gasteiger partial charge < -0.3 is 10.6 Å². The summed E-state index contributed by atoms with van der Waals surface area (Å²) in [5.74, 6) is 0.560. The molecule has 0 spiro atoms. The van der Waals surface area contributed by atoms with Gasteiger partial charge >= 0.3 is 0 Å². The highest BCUT2D eigenvalue weighted by atomic mass is 35.5. The maximum absolute atomic E-state index is 12.9. The van der Waals surface area contributed by atoms with E-state index in [0.29, 0.717) is 33.8 Å². The lowest BCUT2D eigenvalue weighted by molar-refractivity contribution is 0.477. The molecule has 1 aliphatic heterocycles. The number of rotatable bonds is 3. The normalized spacial score (nSPS) is 14.7. The molecule has 0 bridgehead atoms. The lowest BCUT2D eigenvalue weighted by Crippen LogP contribution is -2.35. The quantitative estimate of drug-likeness (QED) is 0.699. The van der Waals surface area contributed by atoms with E-state index in [1.54, 1.807) is 23.9 Å². The molecule has 27 heavy (non-hydrogen) atoms. The van der Waals surface area contributed by atoms with Crippen LogP contribution in [0.2, 0.25) is 5.02 Å². The molecular weight excluding hydrogens is 385 g/mol. The fraction of sp³-hybridized carbons (Fsp3) is 0.316. The third-order valence-electron chi connectivity index (χ3n) is 4.78. The summed E-state index contributed by atoms with van der Waals surface area (Å²) >= 11 is 6.27. The smallest absolute Gasteiger partial charge is 0.259 e. The molecule has 2 N–H and O–H groups in total. The van der Waals surface area contributed by atoms with Crippen molar-refractivity contribution in [2.75, 3.05) is 18.4 Å². The van der Waals surface area contributed by atoms with Crippen LogP contribution in [-0.4, -0.2) is 33.7 Å². The predicted octanol–water partition coefficient (Wildman–Crippen LogP) is 3.23. The van der Waals surface area contributed by atoms with Crippen LogP contribution in [0.4, 0.5) is 5.95 Å². The number of pyridine rings is 1. The first-order chi connectivity index (χ1) is 12.6. The van der Waals surface area contributed by atoms with E-state index in [1.807, 2.05) is 24.3 Å². The van der Waals surface area contributed by atoms with E-state index in [9.17, 15) is 4.79 Å². The van der Waals surface area contributed by atoms with Crippen LogP contribution in [0, 0.1) is 0 Å². The number of nitrogens with one attached hydrogen (secondary N) is 2. The van der Waals surface area contributed by atoms with Crippen molar-refractivity contribution in [3.63, 3.8) is 0 Å². The van der Waals surface area contributed by atoms with Gasteiger partial charge in [0.15, 0.2) is 0 Å². The summed E-state index contributed by atoms with van der Waals surface area (Å²) in [5.41, 5.74) is 1.75. The number of aromatic nitrogens is 3. The van der Waals surface area contributed by atoms with Gasteiger partial charge in [-0.2, -0.15) is 4.98 Å². The highest BCUT2D eigenvalue weighted by molar-refractivity contribution is 6.33. The molecule has 0 amide bonds. The summed E-state index contributed by atoms with van der Waals surface area (Å²) in [6.45, 7) is 1.98. The van der Waals surface area contributed by atoms with Crippen LogP contribution in [0.25, 0.3) is 22.2 Å². The Bertz CT molecular complexity index is 1010. The van der Waals surface area contributed by atoms with Crippen LogP contribution < -0.4 is 16.2 Å². The number of aryl methyl sites for hydroxylation is 1. The Kier molecular flexibility index (Phi) is 5.99. The van der Waals surface area contributed by atoms with Gasteiger partial charge in [-0.05, 0) is 38.1 Å². The average Bonchev–Trinajstić information content (AvgIpc) is 2.66. The fourth-order valence-electron chi connectivity index (χ4n) is 3.34. The Balaban J connectivity index is 0.00000210. The van der Waals surface area contributed by atoms with Crippen LogP contribution in [0.3, 0.4) is 0 Å². The molecular formula is C19H21Cl2N5O. The zero-order valence-corrected chi connectivity index (χ0v) is 16.5. The van der Waals surface area contributed by atoms with Crippen molar-refractivity contribution in [2.45, 2.75) is 18.9 Å². The van der Waals surface area contributed by atoms with Crippen molar-refractivity contribution in [1.29, 1.82) is 0 Å². The number of hydrogen-bond donors (Lipinski definition) is 2. The Morgan fingerprint density at radius 1 is 1.22 bits per heavy atom. The van der Waals surface area contributed by atoms with Gasteiger partial charge in [0, 0.05) is 40.8 Å². The van der Waals surface area contributed by atoms with Crippen molar-refractivity contribution in [2.24, 2.45) is 7.05 Å². The maximum Gasteiger partial charge on any atom is 0.259 e. The second kappa shape index (κ2) is 8.25. The molecule has 4 rings (SSSR count). The van der Waals surface area contributed by atoms with Crippen LogP contribution >= 0.6 is 24.0 Å². The Morgan fingerprint density at radius 2 is 1.96 bits per heavy atom. The van der Waals surface area contributed by atoms with E-state index >= 15 is 0 Å². The first kappa shape index (κ1) is 19.6. The highest BCUT2D eigenvalue weighted by Gasteiger charge is 2.16. The largest absolute Gasteiger partial charge is 0.351 e.